The van der Waals surface area contributed by atoms with E-state index in [4.69, 9.17) is 16.0 Å². The van der Waals surface area contributed by atoms with Crippen molar-refractivity contribution in [1.82, 2.24) is 0 Å². The molecule has 5 nitrogen and oxygen atoms in total. The normalized spacial score (nSPS) is 11.4. The van der Waals surface area contributed by atoms with Crippen molar-refractivity contribution >= 4 is 45.3 Å². The Morgan fingerprint density at radius 1 is 1.25 bits per heavy atom. The quantitative estimate of drug-likeness (QED) is 0.351. The summed E-state index contributed by atoms with van der Waals surface area (Å²) in [5.41, 5.74) is 0.760. The first kappa shape index (κ1) is 14.5. The Morgan fingerprint density at radius 2 is 1.90 bits per heavy atom. The van der Waals surface area contributed by atoms with E-state index in [2.05, 4.69) is 15.9 Å². The van der Waals surface area contributed by atoms with E-state index in [1.807, 2.05) is 0 Å². The lowest BCUT2D eigenvalue weighted by molar-refractivity contribution is -0.402. The van der Waals surface area contributed by atoms with Crippen LogP contribution < -0.4 is 0 Å². The van der Waals surface area contributed by atoms with Gasteiger partial charge in [-0.1, -0.05) is 23.7 Å². The number of rotatable bonds is 4. The van der Waals surface area contributed by atoms with Crippen LogP contribution in [0.5, 0.6) is 0 Å². The van der Waals surface area contributed by atoms with Gasteiger partial charge in [-0.05, 0) is 45.8 Å². The fraction of sp³-hybridized carbons (Fsp3) is 0. The smallest absolute Gasteiger partial charge is 0.397 e. The highest BCUT2D eigenvalue weighted by Crippen LogP contribution is 2.23. The van der Waals surface area contributed by atoms with Crippen molar-refractivity contribution in [3.8, 4) is 0 Å². The second-order valence-electron chi connectivity index (χ2n) is 3.77. The lowest BCUT2D eigenvalue weighted by atomic mass is 10.2. The number of nitro groups is 1. The van der Waals surface area contributed by atoms with Gasteiger partial charge in [0.2, 0.25) is 5.78 Å². The second-order valence-corrected chi connectivity index (χ2v) is 5.06. The minimum atomic E-state index is -0.701. The highest BCUT2D eigenvalue weighted by Gasteiger charge is 2.19. The minimum Gasteiger partial charge on any atom is -0.397 e. The molecular formula is C13H7BrClNO4. The lowest BCUT2D eigenvalue weighted by Crippen LogP contribution is -1.96. The predicted octanol–water partition coefficient (Wildman–Crippen LogP) is 4.46. The maximum absolute atomic E-state index is 12.0. The van der Waals surface area contributed by atoms with Gasteiger partial charge >= 0.3 is 5.88 Å². The fourth-order valence-electron chi connectivity index (χ4n) is 1.44. The molecule has 1 aromatic carbocycles. The van der Waals surface area contributed by atoms with Gasteiger partial charge in [-0.2, -0.15) is 0 Å². The van der Waals surface area contributed by atoms with Gasteiger partial charge in [0.25, 0.3) is 0 Å². The van der Waals surface area contributed by atoms with Gasteiger partial charge in [0.15, 0.2) is 5.76 Å². The van der Waals surface area contributed by atoms with Crippen LogP contribution in [0.25, 0.3) is 6.08 Å². The summed E-state index contributed by atoms with van der Waals surface area (Å²) in [7, 11) is 0. The molecule has 7 heteroatoms. The van der Waals surface area contributed by atoms with Crippen molar-refractivity contribution in [2.45, 2.75) is 0 Å². The molecule has 0 aliphatic rings. The van der Waals surface area contributed by atoms with Gasteiger partial charge in [-0.25, -0.2) is 0 Å². The minimum absolute atomic E-state index is 0.103. The van der Waals surface area contributed by atoms with Crippen molar-refractivity contribution in [3.63, 3.8) is 0 Å². The number of carbonyl (C=O) groups is 1. The molecule has 0 spiro atoms. The molecule has 20 heavy (non-hydrogen) atoms. The van der Waals surface area contributed by atoms with E-state index in [0.717, 1.165) is 11.6 Å². The Bertz CT molecular complexity index is 691. The van der Waals surface area contributed by atoms with Crippen molar-refractivity contribution in [2.24, 2.45) is 0 Å². The number of carbonyl (C=O) groups excluding carboxylic acids is 1. The van der Waals surface area contributed by atoms with Crippen LogP contribution in [0.1, 0.15) is 16.1 Å². The Labute approximate surface area is 127 Å². The van der Waals surface area contributed by atoms with Gasteiger partial charge in [0.1, 0.15) is 4.92 Å². The van der Waals surface area contributed by atoms with E-state index in [0.29, 0.717) is 5.02 Å². The van der Waals surface area contributed by atoms with E-state index < -0.39 is 16.6 Å². The predicted molar refractivity (Wildman–Crippen MR) is 78.0 cm³/mol. The number of Topliss-reactive ketones (excluding diaryl/α,β-unsaturated/α-hetero) is 1. The molecular weight excluding hydrogens is 350 g/mol. The van der Waals surface area contributed by atoms with E-state index in [-0.39, 0.29) is 10.2 Å². The van der Waals surface area contributed by atoms with Crippen LogP contribution in [0.4, 0.5) is 5.88 Å². The van der Waals surface area contributed by atoms with Crippen molar-refractivity contribution in [2.75, 3.05) is 0 Å². The average molecular weight is 357 g/mol. The molecule has 0 N–H and O–H groups in total. The van der Waals surface area contributed by atoms with Crippen LogP contribution in [-0.4, -0.2) is 10.7 Å². The monoisotopic (exact) mass is 355 g/mol. The number of hydrogen-bond donors (Lipinski definition) is 0. The lowest BCUT2D eigenvalue weighted by Gasteiger charge is -1.97. The molecule has 0 amide bonds. The summed E-state index contributed by atoms with van der Waals surface area (Å²) in [6, 6.07) is 9.25. The summed E-state index contributed by atoms with van der Waals surface area (Å²) >= 11 is 8.89. The Hall–Kier alpha value is -1.92. The fourth-order valence-corrected chi connectivity index (χ4v) is 2.02. The second kappa shape index (κ2) is 6.02. The van der Waals surface area contributed by atoms with E-state index in [1.54, 1.807) is 30.3 Å². The number of halogens is 2. The summed E-state index contributed by atoms with van der Waals surface area (Å²) in [6.07, 6.45) is 1.58. The van der Waals surface area contributed by atoms with Gasteiger partial charge in [-0.15, -0.1) is 0 Å². The molecule has 2 rings (SSSR count). The van der Waals surface area contributed by atoms with E-state index in [9.17, 15) is 14.9 Å². The van der Waals surface area contributed by atoms with Crippen molar-refractivity contribution < 1.29 is 14.1 Å². The molecule has 102 valence electrons. The Kier molecular flexibility index (Phi) is 4.36. The largest absolute Gasteiger partial charge is 0.433 e. The molecule has 0 bridgehead atoms. The first-order chi connectivity index (χ1) is 9.47. The number of hydrogen-bond acceptors (Lipinski definition) is 4. The summed E-state index contributed by atoms with van der Waals surface area (Å²) in [4.78, 5) is 21.8. The number of allylic oxidation sites excluding steroid dienone is 1. The first-order valence-electron chi connectivity index (χ1n) is 5.39. The molecule has 0 aliphatic heterocycles. The van der Waals surface area contributed by atoms with Crippen LogP contribution in [0.3, 0.4) is 0 Å². The third-order valence-electron chi connectivity index (χ3n) is 2.38. The third kappa shape index (κ3) is 3.34. The topological polar surface area (TPSA) is 73.3 Å². The molecule has 0 atom stereocenters. The molecule has 1 heterocycles. The van der Waals surface area contributed by atoms with Crippen LogP contribution in [0.2, 0.25) is 5.02 Å². The highest BCUT2D eigenvalue weighted by molar-refractivity contribution is 9.12. The maximum atomic E-state index is 12.0. The average Bonchev–Trinajstić information content (AvgIpc) is 2.90. The van der Waals surface area contributed by atoms with Crippen LogP contribution in [0, 0.1) is 10.1 Å². The molecule has 0 fully saturated rings. The SMILES string of the molecule is O=C(/C(Br)=C\c1ccc(Cl)cc1)c1ccc([N+](=O)[O-])o1. The molecule has 0 unspecified atom stereocenters. The molecule has 0 radical (unpaired) electrons. The molecule has 0 aliphatic carbocycles. The first-order valence-corrected chi connectivity index (χ1v) is 6.56. The van der Waals surface area contributed by atoms with Crippen molar-refractivity contribution in [1.29, 1.82) is 0 Å². The zero-order chi connectivity index (χ0) is 14.7. The third-order valence-corrected chi connectivity index (χ3v) is 3.22. The Balaban J connectivity index is 2.23. The number of benzene rings is 1. The van der Waals surface area contributed by atoms with Gasteiger partial charge in [0, 0.05) is 5.02 Å². The van der Waals surface area contributed by atoms with Gasteiger partial charge in [-0.3, -0.25) is 14.9 Å². The molecule has 2 aromatic rings. The molecule has 1 aromatic heterocycles. The number of furan rings is 1. The summed E-state index contributed by atoms with van der Waals surface area (Å²) < 4.78 is 5.07. The molecule has 0 saturated heterocycles. The standard InChI is InChI=1S/C13H7BrClNO4/c14-10(7-8-1-3-9(15)4-2-8)13(17)11-5-6-12(20-11)16(18)19/h1-7H/b10-7+. The zero-order valence-electron chi connectivity index (χ0n) is 9.88. The zero-order valence-corrected chi connectivity index (χ0v) is 12.2. The summed E-state index contributed by atoms with van der Waals surface area (Å²) in [6.45, 7) is 0. The van der Waals surface area contributed by atoms with Crippen LogP contribution in [-0.2, 0) is 0 Å². The number of ketones is 1. The van der Waals surface area contributed by atoms with E-state index >= 15 is 0 Å². The van der Waals surface area contributed by atoms with Crippen molar-refractivity contribution in [3.05, 3.63) is 67.3 Å². The van der Waals surface area contributed by atoms with Crippen LogP contribution in [0.15, 0.2) is 45.3 Å². The maximum Gasteiger partial charge on any atom is 0.433 e. The summed E-state index contributed by atoms with van der Waals surface area (Å²) in [5, 5.41) is 11.1. The molecule has 0 saturated carbocycles. The van der Waals surface area contributed by atoms with Gasteiger partial charge < -0.3 is 4.42 Å². The van der Waals surface area contributed by atoms with E-state index in [1.165, 1.54) is 6.07 Å². The summed E-state index contributed by atoms with van der Waals surface area (Å²) in [5.74, 6) is -1.05. The Morgan fingerprint density at radius 3 is 2.45 bits per heavy atom. The van der Waals surface area contributed by atoms with Gasteiger partial charge in [0.05, 0.1) is 10.5 Å². The number of nitrogens with zero attached hydrogens (tertiary/aromatic N) is 1. The highest BCUT2D eigenvalue weighted by atomic mass is 79.9. The van der Waals surface area contributed by atoms with Crippen LogP contribution >= 0.6 is 27.5 Å².